The average Bonchev–Trinajstić information content (AvgIpc) is 2.49. The fourth-order valence-corrected chi connectivity index (χ4v) is 3.87. The summed E-state index contributed by atoms with van der Waals surface area (Å²) in [6, 6.07) is 12.8. The molecule has 0 radical (unpaired) electrons. The smallest absolute Gasteiger partial charge is 0.216 e. The Labute approximate surface area is 129 Å². The lowest BCUT2D eigenvalue weighted by Gasteiger charge is -2.25. The van der Waals surface area contributed by atoms with Crippen LogP contribution in [0.3, 0.4) is 0 Å². The SMILES string of the molecule is O=S(=O)(Cc1ccc(F)cc1)NC1COc2ccccc2C1. The molecule has 0 aromatic heterocycles. The van der Waals surface area contributed by atoms with Crippen LogP contribution in [0.2, 0.25) is 0 Å². The molecule has 0 aliphatic carbocycles. The van der Waals surface area contributed by atoms with E-state index in [4.69, 9.17) is 4.74 Å². The Bertz CT molecular complexity index is 759. The topological polar surface area (TPSA) is 55.4 Å². The van der Waals surface area contributed by atoms with E-state index in [2.05, 4.69) is 4.72 Å². The van der Waals surface area contributed by atoms with Gasteiger partial charge >= 0.3 is 0 Å². The third-order valence-electron chi connectivity index (χ3n) is 3.50. The van der Waals surface area contributed by atoms with Crippen molar-refractivity contribution in [2.75, 3.05) is 6.61 Å². The quantitative estimate of drug-likeness (QED) is 0.940. The highest BCUT2D eigenvalue weighted by Gasteiger charge is 2.24. The van der Waals surface area contributed by atoms with Crippen LogP contribution in [0.25, 0.3) is 0 Å². The Morgan fingerprint density at radius 3 is 2.64 bits per heavy atom. The number of halogens is 1. The van der Waals surface area contributed by atoms with E-state index in [1.54, 1.807) is 0 Å². The van der Waals surface area contributed by atoms with Crippen molar-refractivity contribution in [1.82, 2.24) is 4.72 Å². The van der Waals surface area contributed by atoms with Gasteiger partial charge in [-0.05, 0) is 35.7 Å². The van der Waals surface area contributed by atoms with Gasteiger partial charge in [0, 0.05) is 0 Å². The van der Waals surface area contributed by atoms with Crippen molar-refractivity contribution in [2.24, 2.45) is 0 Å². The van der Waals surface area contributed by atoms with Crippen molar-refractivity contribution in [3.63, 3.8) is 0 Å². The van der Waals surface area contributed by atoms with E-state index in [-0.39, 0.29) is 17.6 Å². The zero-order valence-corrected chi connectivity index (χ0v) is 12.6. The molecule has 22 heavy (non-hydrogen) atoms. The van der Waals surface area contributed by atoms with E-state index in [0.29, 0.717) is 18.6 Å². The minimum atomic E-state index is -3.50. The van der Waals surface area contributed by atoms with Gasteiger partial charge in [-0.15, -0.1) is 0 Å². The molecule has 0 saturated heterocycles. The van der Waals surface area contributed by atoms with Crippen LogP contribution in [-0.2, 0) is 22.2 Å². The van der Waals surface area contributed by atoms with Crippen molar-refractivity contribution in [3.8, 4) is 5.75 Å². The van der Waals surface area contributed by atoms with Gasteiger partial charge in [-0.25, -0.2) is 17.5 Å². The van der Waals surface area contributed by atoms with Crippen LogP contribution >= 0.6 is 0 Å². The van der Waals surface area contributed by atoms with Crippen molar-refractivity contribution in [3.05, 3.63) is 65.5 Å². The Morgan fingerprint density at radius 2 is 1.86 bits per heavy atom. The number of benzene rings is 2. The van der Waals surface area contributed by atoms with Crippen LogP contribution in [0.5, 0.6) is 5.75 Å². The molecule has 0 bridgehead atoms. The lowest BCUT2D eigenvalue weighted by Crippen LogP contribution is -2.43. The standard InChI is InChI=1S/C16H16FNO3S/c17-14-7-5-12(6-8-14)11-22(19,20)18-15-9-13-3-1-2-4-16(13)21-10-15/h1-8,15,18H,9-11H2. The molecule has 2 aromatic carbocycles. The third-order valence-corrected chi connectivity index (χ3v) is 4.90. The van der Waals surface area contributed by atoms with E-state index >= 15 is 0 Å². The number of sulfonamides is 1. The third kappa shape index (κ3) is 3.64. The molecule has 0 saturated carbocycles. The van der Waals surface area contributed by atoms with E-state index in [1.807, 2.05) is 24.3 Å². The minimum Gasteiger partial charge on any atom is -0.492 e. The second-order valence-corrected chi connectivity index (χ2v) is 7.08. The Kier molecular flexibility index (Phi) is 4.13. The molecule has 2 aromatic rings. The molecule has 1 atom stereocenters. The maximum atomic E-state index is 12.9. The molecule has 1 heterocycles. The molecular formula is C16H16FNO3S. The maximum Gasteiger partial charge on any atom is 0.216 e. The van der Waals surface area contributed by atoms with Gasteiger partial charge in [0.25, 0.3) is 0 Å². The highest BCUT2D eigenvalue weighted by molar-refractivity contribution is 7.88. The summed E-state index contributed by atoms with van der Waals surface area (Å²) < 4.78 is 45.5. The summed E-state index contributed by atoms with van der Waals surface area (Å²) in [6.07, 6.45) is 0.596. The first-order chi connectivity index (χ1) is 10.5. The number of nitrogens with one attached hydrogen (secondary N) is 1. The van der Waals surface area contributed by atoms with Gasteiger partial charge < -0.3 is 4.74 Å². The van der Waals surface area contributed by atoms with E-state index in [0.717, 1.165) is 11.3 Å². The number of para-hydroxylation sites is 1. The number of ether oxygens (including phenoxy) is 1. The average molecular weight is 321 g/mol. The van der Waals surface area contributed by atoms with Crippen LogP contribution in [0.15, 0.2) is 48.5 Å². The summed E-state index contributed by atoms with van der Waals surface area (Å²) >= 11 is 0. The summed E-state index contributed by atoms with van der Waals surface area (Å²) in [5.41, 5.74) is 1.54. The van der Waals surface area contributed by atoms with Crippen molar-refractivity contribution in [2.45, 2.75) is 18.2 Å². The second kappa shape index (κ2) is 6.06. The van der Waals surface area contributed by atoms with E-state index < -0.39 is 10.0 Å². The summed E-state index contributed by atoms with van der Waals surface area (Å²) in [6.45, 7) is 0.305. The molecule has 0 amide bonds. The van der Waals surface area contributed by atoms with E-state index in [9.17, 15) is 12.8 Å². The zero-order chi connectivity index (χ0) is 15.6. The first kappa shape index (κ1) is 15.0. The zero-order valence-electron chi connectivity index (χ0n) is 11.8. The maximum absolute atomic E-state index is 12.9. The van der Waals surface area contributed by atoms with Crippen molar-refractivity contribution < 1.29 is 17.5 Å². The summed E-state index contributed by atoms with van der Waals surface area (Å²) in [4.78, 5) is 0. The van der Waals surface area contributed by atoms with Gasteiger partial charge in [-0.2, -0.15) is 0 Å². The fourth-order valence-electron chi connectivity index (χ4n) is 2.50. The predicted octanol–water partition coefficient (Wildman–Crippen LogP) is 2.25. The molecule has 1 N–H and O–H groups in total. The Hall–Kier alpha value is -1.92. The summed E-state index contributed by atoms with van der Waals surface area (Å²) in [5.74, 6) is 0.244. The van der Waals surface area contributed by atoms with Gasteiger partial charge in [0.2, 0.25) is 10.0 Å². The fraction of sp³-hybridized carbons (Fsp3) is 0.250. The van der Waals surface area contributed by atoms with Crippen LogP contribution in [0, 0.1) is 5.82 Å². The first-order valence-electron chi connectivity index (χ1n) is 6.97. The van der Waals surface area contributed by atoms with Crippen LogP contribution in [-0.4, -0.2) is 21.1 Å². The highest BCUT2D eigenvalue weighted by Crippen LogP contribution is 2.24. The molecule has 0 fully saturated rings. The number of rotatable bonds is 4. The Morgan fingerprint density at radius 1 is 1.14 bits per heavy atom. The van der Waals surface area contributed by atoms with Crippen LogP contribution < -0.4 is 9.46 Å². The lowest BCUT2D eigenvalue weighted by atomic mass is 10.0. The summed E-state index contributed by atoms with van der Waals surface area (Å²) in [7, 11) is -3.50. The normalized spacial score (nSPS) is 17.6. The van der Waals surface area contributed by atoms with Gasteiger partial charge in [0.1, 0.15) is 18.2 Å². The Balaban J connectivity index is 1.66. The molecular weight excluding hydrogens is 305 g/mol. The minimum absolute atomic E-state index is 0.175. The van der Waals surface area contributed by atoms with Crippen LogP contribution in [0.1, 0.15) is 11.1 Å². The summed E-state index contributed by atoms with van der Waals surface area (Å²) in [5, 5.41) is 0. The van der Waals surface area contributed by atoms with Crippen molar-refractivity contribution >= 4 is 10.0 Å². The van der Waals surface area contributed by atoms with Gasteiger partial charge in [-0.3, -0.25) is 0 Å². The number of fused-ring (bicyclic) bond motifs is 1. The second-order valence-electron chi connectivity index (χ2n) is 5.32. The molecule has 116 valence electrons. The van der Waals surface area contributed by atoms with Crippen molar-refractivity contribution in [1.29, 1.82) is 0 Å². The number of hydrogen-bond donors (Lipinski definition) is 1. The van der Waals surface area contributed by atoms with Gasteiger partial charge in [0.05, 0.1) is 11.8 Å². The highest BCUT2D eigenvalue weighted by atomic mass is 32.2. The molecule has 1 aliphatic rings. The predicted molar refractivity (Wildman–Crippen MR) is 81.6 cm³/mol. The van der Waals surface area contributed by atoms with Gasteiger partial charge in [-0.1, -0.05) is 30.3 Å². The molecule has 3 rings (SSSR count). The largest absolute Gasteiger partial charge is 0.492 e. The number of hydrogen-bond acceptors (Lipinski definition) is 3. The molecule has 1 aliphatic heterocycles. The first-order valence-corrected chi connectivity index (χ1v) is 8.62. The molecule has 4 nitrogen and oxygen atoms in total. The van der Waals surface area contributed by atoms with Crippen LogP contribution in [0.4, 0.5) is 4.39 Å². The monoisotopic (exact) mass is 321 g/mol. The molecule has 1 unspecified atom stereocenters. The molecule has 0 spiro atoms. The molecule has 6 heteroatoms. The van der Waals surface area contributed by atoms with Gasteiger partial charge in [0.15, 0.2) is 0 Å². The van der Waals surface area contributed by atoms with E-state index in [1.165, 1.54) is 24.3 Å². The lowest BCUT2D eigenvalue weighted by molar-refractivity contribution is 0.254.